The van der Waals surface area contributed by atoms with E-state index in [2.05, 4.69) is 0 Å². The summed E-state index contributed by atoms with van der Waals surface area (Å²) in [5.41, 5.74) is 0. The predicted octanol–water partition coefficient (Wildman–Crippen LogP) is 2.13. The highest BCUT2D eigenvalue weighted by Crippen LogP contribution is 2.35. The van der Waals surface area contributed by atoms with Crippen molar-refractivity contribution in [3.05, 3.63) is 18.2 Å². The van der Waals surface area contributed by atoms with Crippen molar-refractivity contribution < 1.29 is 14.2 Å². The molecule has 4 heteroatoms. The SMILES string of the molecule is COc1cccc(OC)c1OC.Cl. The topological polar surface area (TPSA) is 27.7 Å². The second kappa shape index (κ2) is 5.54. The number of benzene rings is 1. The molecule has 0 unspecified atom stereocenters. The number of para-hydroxylation sites is 1. The third kappa shape index (κ3) is 2.42. The van der Waals surface area contributed by atoms with Crippen molar-refractivity contribution in [2.24, 2.45) is 0 Å². The molecule has 0 N–H and O–H groups in total. The third-order valence-electron chi connectivity index (χ3n) is 1.59. The molecule has 74 valence electrons. The van der Waals surface area contributed by atoms with E-state index in [1.165, 1.54) is 0 Å². The summed E-state index contributed by atoms with van der Waals surface area (Å²) in [4.78, 5) is 0. The van der Waals surface area contributed by atoms with Gasteiger partial charge in [0.15, 0.2) is 11.5 Å². The lowest BCUT2D eigenvalue weighted by molar-refractivity contribution is 0.324. The molecule has 0 radical (unpaired) electrons. The molecular formula is C9H13ClO3. The lowest BCUT2D eigenvalue weighted by Crippen LogP contribution is -1.93. The van der Waals surface area contributed by atoms with Crippen LogP contribution in [0.25, 0.3) is 0 Å². The number of hydrogen-bond acceptors (Lipinski definition) is 3. The van der Waals surface area contributed by atoms with Gasteiger partial charge in [0, 0.05) is 0 Å². The van der Waals surface area contributed by atoms with Crippen LogP contribution in [0.4, 0.5) is 0 Å². The van der Waals surface area contributed by atoms with Gasteiger partial charge in [-0.15, -0.1) is 12.4 Å². The predicted molar refractivity (Wildman–Crippen MR) is 53.3 cm³/mol. The fraction of sp³-hybridized carbons (Fsp3) is 0.333. The molecule has 0 amide bonds. The van der Waals surface area contributed by atoms with E-state index in [1.54, 1.807) is 21.3 Å². The number of halogens is 1. The quantitative estimate of drug-likeness (QED) is 0.755. The summed E-state index contributed by atoms with van der Waals surface area (Å²) in [5, 5.41) is 0. The monoisotopic (exact) mass is 204 g/mol. The van der Waals surface area contributed by atoms with Gasteiger partial charge in [0.25, 0.3) is 0 Å². The van der Waals surface area contributed by atoms with Crippen LogP contribution in [0, 0.1) is 0 Å². The normalized spacial score (nSPS) is 8.54. The van der Waals surface area contributed by atoms with Gasteiger partial charge in [-0.05, 0) is 12.1 Å². The molecule has 0 atom stereocenters. The molecule has 0 heterocycles. The van der Waals surface area contributed by atoms with Crippen molar-refractivity contribution in [1.82, 2.24) is 0 Å². The second-order valence-electron chi connectivity index (χ2n) is 2.20. The first-order chi connectivity index (χ1) is 5.83. The Morgan fingerprint density at radius 3 is 1.62 bits per heavy atom. The average Bonchev–Trinajstić information content (AvgIpc) is 2.16. The van der Waals surface area contributed by atoms with Gasteiger partial charge in [0.05, 0.1) is 21.3 Å². The molecule has 0 aliphatic carbocycles. The number of rotatable bonds is 3. The van der Waals surface area contributed by atoms with E-state index in [0.29, 0.717) is 17.2 Å². The van der Waals surface area contributed by atoms with E-state index in [9.17, 15) is 0 Å². The van der Waals surface area contributed by atoms with Crippen molar-refractivity contribution in [2.75, 3.05) is 21.3 Å². The zero-order chi connectivity index (χ0) is 8.97. The molecule has 0 saturated carbocycles. The van der Waals surface area contributed by atoms with Crippen LogP contribution in [0.2, 0.25) is 0 Å². The fourth-order valence-corrected chi connectivity index (χ4v) is 1.02. The van der Waals surface area contributed by atoms with E-state index in [4.69, 9.17) is 14.2 Å². The van der Waals surface area contributed by atoms with E-state index >= 15 is 0 Å². The fourth-order valence-electron chi connectivity index (χ4n) is 1.02. The minimum Gasteiger partial charge on any atom is -0.493 e. The van der Waals surface area contributed by atoms with Crippen LogP contribution in [-0.4, -0.2) is 21.3 Å². The summed E-state index contributed by atoms with van der Waals surface area (Å²) in [6.07, 6.45) is 0. The molecule has 0 aliphatic rings. The maximum atomic E-state index is 5.11. The molecule has 0 aromatic heterocycles. The van der Waals surface area contributed by atoms with Crippen LogP contribution in [0.1, 0.15) is 0 Å². The molecule has 0 spiro atoms. The number of hydrogen-bond donors (Lipinski definition) is 0. The van der Waals surface area contributed by atoms with Crippen molar-refractivity contribution >= 4 is 12.4 Å². The molecule has 0 saturated heterocycles. The van der Waals surface area contributed by atoms with Crippen molar-refractivity contribution in [3.63, 3.8) is 0 Å². The Morgan fingerprint density at radius 1 is 0.846 bits per heavy atom. The molecule has 1 aromatic carbocycles. The maximum Gasteiger partial charge on any atom is 0.203 e. The smallest absolute Gasteiger partial charge is 0.203 e. The lowest BCUT2D eigenvalue weighted by Gasteiger charge is -2.10. The first-order valence-corrected chi connectivity index (χ1v) is 3.58. The second-order valence-corrected chi connectivity index (χ2v) is 2.20. The molecule has 1 rings (SSSR count). The van der Waals surface area contributed by atoms with Gasteiger partial charge in [-0.2, -0.15) is 0 Å². The molecule has 0 bridgehead atoms. The third-order valence-corrected chi connectivity index (χ3v) is 1.59. The van der Waals surface area contributed by atoms with Gasteiger partial charge < -0.3 is 14.2 Å². The van der Waals surface area contributed by atoms with Crippen molar-refractivity contribution in [2.45, 2.75) is 0 Å². The summed E-state index contributed by atoms with van der Waals surface area (Å²) in [7, 11) is 4.77. The van der Waals surface area contributed by atoms with Gasteiger partial charge in [-0.25, -0.2) is 0 Å². The van der Waals surface area contributed by atoms with Crippen LogP contribution in [-0.2, 0) is 0 Å². The standard InChI is InChI=1S/C9H12O3.ClH/c1-10-7-5-4-6-8(11-2)9(7)12-3;/h4-6H,1-3H3;1H. The number of ether oxygens (including phenoxy) is 3. The summed E-state index contributed by atoms with van der Waals surface area (Å²) in [5.74, 6) is 1.98. The van der Waals surface area contributed by atoms with Crippen LogP contribution in [0.3, 0.4) is 0 Å². The highest BCUT2D eigenvalue weighted by atomic mass is 35.5. The van der Waals surface area contributed by atoms with Crippen LogP contribution in [0.5, 0.6) is 17.2 Å². The molecule has 3 nitrogen and oxygen atoms in total. The Kier molecular flexibility index (Phi) is 5.07. The largest absolute Gasteiger partial charge is 0.493 e. The molecule has 13 heavy (non-hydrogen) atoms. The lowest BCUT2D eigenvalue weighted by atomic mass is 10.3. The zero-order valence-corrected chi connectivity index (χ0v) is 8.68. The van der Waals surface area contributed by atoms with Crippen LogP contribution < -0.4 is 14.2 Å². The van der Waals surface area contributed by atoms with Gasteiger partial charge >= 0.3 is 0 Å². The van der Waals surface area contributed by atoms with Crippen molar-refractivity contribution in [3.8, 4) is 17.2 Å². The molecular weight excluding hydrogens is 192 g/mol. The van der Waals surface area contributed by atoms with E-state index < -0.39 is 0 Å². The minimum absolute atomic E-state index is 0. The summed E-state index contributed by atoms with van der Waals surface area (Å²) < 4.78 is 15.3. The Morgan fingerprint density at radius 2 is 1.31 bits per heavy atom. The van der Waals surface area contributed by atoms with E-state index in [0.717, 1.165) is 0 Å². The molecule has 1 aromatic rings. The van der Waals surface area contributed by atoms with Gasteiger partial charge in [0.1, 0.15) is 0 Å². The minimum atomic E-state index is 0. The first-order valence-electron chi connectivity index (χ1n) is 3.58. The maximum absolute atomic E-state index is 5.11. The van der Waals surface area contributed by atoms with Gasteiger partial charge in [-0.3, -0.25) is 0 Å². The molecule has 0 fully saturated rings. The summed E-state index contributed by atoms with van der Waals surface area (Å²) in [6.45, 7) is 0. The summed E-state index contributed by atoms with van der Waals surface area (Å²) in [6, 6.07) is 5.49. The Labute approximate surface area is 84.0 Å². The van der Waals surface area contributed by atoms with Gasteiger partial charge in [0.2, 0.25) is 5.75 Å². The zero-order valence-electron chi connectivity index (χ0n) is 7.87. The average molecular weight is 205 g/mol. The summed E-state index contributed by atoms with van der Waals surface area (Å²) >= 11 is 0. The molecule has 0 aliphatic heterocycles. The highest BCUT2D eigenvalue weighted by Gasteiger charge is 2.08. The highest BCUT2D eigenvalue weighted by molar-refractivity contribution is 5.85. The Bertz CT molecular complexity index is 241. The Hall–Kier alpha value is -1.09. The van der Waals surface area contributed by atoms with Crippen LogP contribution in [0.15, 0.2) is 18.2 Å². The van der Waals surface area contributed by atoms with E-state index in [-0.39, 0.29) is 12.4 Å². The van der Waals surface area contributed by atoms with E-state index in [1.807, 2.05) is 18.2 Å². The van der Waals surface area contributed by atoms with Gasteiger partial charge in [-0.1, -0.05) is 6.07 Å². The van der Waals surface area contributed by atoms with Crippen molar-refractivity contribution in [1.29, 1.82) is 0 Å². The number of methoxy groups -OCH3 is 3. The van der Waals surface area contributed by atoms with Crippen LogP contribution >= 0.6 is 12.4 Å². The first kappa shape index (κ1) is 11.9. The Balaban J connectivity index is 0.00000144.